The zero-order valence-corrected chi connectivity index (χ0v) is 11.6. The molecule has 1 aliphatic carbocycles. The predicted molar refractivity (Wildman–Crippen MR) is 75.4 cm³/mol. The van der Waals surface area contributed by atoms with Gasteiger partial charge in [0.15, 0.2) is 0 Å². The molecule has 0 spiro atoms. The number of aromatic carboxylic acids is 1. The van der Waals surface area contributed by atoms with Gasteiger partial charge in [-0.3, -0.25) is 4.79 Å². The number of rotatable bonds is 4. The third kappa shape index (κ3) is 3.42. The molecule has 1 fully saturated rings. The molecule has 0 saturated heterocycles. The predicted octanol–water partition coefficient (Wildman–Crippen LogP) is 3.09. The molecule has 1 aromatic rings. The van der Waals surface area contributed by atoms with Gasteiger partial charge in [-0.2, -0.15) is 0 Å². The Bertz CT molecular complexity index is 532. The SMILES string of the molecule is O=C(O)c1cc(NC2CCCC(C(=O)O)C2)ccc1Cl. The largest absolute Gasteiger partial charge is 0.481 e. The molecule has 2 atom stereocenters. The van der Waals surface area contributed by atoms with Crippen LogP contribution in [0.15, 0.2) is 18.2 Å². The second kappa shape index (κ2) is 6.13. The molecule has 0 aromatic heterocycles. The average molecular weight is 298 g/mol. The number of aliphatic carboxylic acids is 1. The molecule has 2 rings (SSSR count). The maximum Gasteiger partial charge on any atom is 0.337 e. The van der Waals surface area contributed by atoms with Crippen LogP contribution in [0.4, 0.5) is 5.69 Å². The summed E-state index contributed by atoms with van der Waals surface area (Å²) in [5.74, 6) is -2.17. The molecule has 108 valence electrons. The number of anilines is 1. The van der Waals surface area contributed by atoms with E-state index in [9.17, 15) is 9.59 Å². The molecule has 1 aromatic carbocycles. The highest BCUT2D eigenvalue weighted by atomic mass is 35.5. The van der Waals surface area contributed by atoms with Crippen LogP contribution in [0.5, 0.6) is 0 Å². The third-order valence-corrected chi connectivity index (χ3v) is 3.92. The number of carboxylic acids is 2. The van der Waals surface area contributed by atoms with Crippen LogP contribution in [-0.4, -0.2) is 28.2 Å². The summed E-state index contributed by atoms with van der Waals surface area (Å²) in [6.07, 6.45) is 3.00. The van der Waals surface area contributed by atoms with Crippen molar-refractivity contribution < 1.29 is 19.8 Å². The Morgan fingerprint density at radius 2 is 2.00 bits per heavy atom. The van der Waals surface area contributed by atoms with E-state index in [0.717, 1.165) is 12.8 Å². The number of carboxylic acid groups (broad SMARTS) is 2. The van der Waals surface area contributed by atoms with Crippen LogP contribution in [0.3, 0.4) is 0 Å². The normalized spacial score (nSPS) is 22.2. The van der Waals surface area contributed by atoms with Crippen LogP contribution >= 0.6 is 11.6 Å². The Balaban J connectivity index is 2.08. The van der Waals surface area contributed by atoms with E-state index in [1.165, 1.54) is 12.1 Å². The van der Waals surface area contributed by atoms with Gasteiger partial charge in [-0.05, 0) is 37.5 Å². The molecule has 2 unspecified atom stereocenters. The monoisotopic (exact) mass is 297 g/mol. The van der Waals surface area contributed by atoms with Crippen LogP contribution in [0, 0.1) is 5.92 Å². The Morgan fingerprint density at radius 1 is 1.25 bits per heavy atom. The van der Waals surface area contributed by atoms with E-state index in [4.69, 9.17) is 21.8 Å². The minimum atomic E-state index is -1.08. The van der Waals surface area contributed by atoms with Crippen molar-refractivity contribution in [2.75, 3.05) is 5.32 Å². The molecule has 0 amide bonds. The Hall–Kier alpha value is -1.75. The smallest absolute Gasteiger partial charge is 0.337 e. The molecule has 0 radical (unpaired) electrons. The summed E-state index contributed by atoms with van der Waals surface area (Å²) in [4.78, 5) is 22.0. The first-order chi connectivity index (χ1) is 9.47. The lowest BCUT2D eigenvalue weighted by Crippen LogP contribution is -2.31. The summed E-state index contributed by atoms with van der Waals surface area (Å²) in [5.41, 5.74) is 0.699. The van der Waals surface area contributed by atoms with E-state index < -0.39 is 11.9 Å². The zero-order valence-electron chi connectivity index (χ0n) is 10.8. The van der Waals surface area contributed by atoms with Gasteiger partial charge >= 0.3 is 11.9 Å². The zero-order chi connectivity index (χ0) is 14.7. The molecule has 20 heavy (non-hydrogen) atoms. The Labute approximate surface area is 121 Å². The minimum absolute atomic E-state index is 0.0438. The molecule has 6 heteroatoms. The number of hydrogen-bond donors (Lipinski definition) is 3. The quantitative estimate of drug-likeness (QED) is 0.795. The Morgan fingerprint density at radius 3 is 2.65 bits per heavy atom. The van der Waals surface area contributed by atoms with Crippen molar-refractivity contribution in [1.82, 2.24) is 0 Å². The van der Waals surface area contributed by atoms with Crippen LogP contribution in [0.2, 0.25) is 5.02 Å². The average Bonchev–Trinajstić information content (AvgIpc) is 2.41. The summed E-state index contributed by atoms with van der Waals surface area (Å²) in [6.45, 7) is 0. The number of nitrogens with one attached hydrogen (secondary N) is 1. The minimum Gasteiger partial charge on any atom is -0.481 e. The molecule has 5 nitrogen and oxygen atoms in total. The molecular formula is C14H16ClNO4. The molecule has 1 saturated carbocycles. The standard InChI is InChI=1S/C14H16ClNO4/c15-12-5-4-10(7-11(12)14(19)20)16-9-3-1-2-8(6-9)13(17)18/h4-5,7-9,16H,1-3,6H2,(H,17,18)(H,19,20). The summed E-state index contributed by atoms with van der Waals surface area (Å²) >= 11 is 5.81. The van der Waals surface area contributed by atoms with Crippen molar-refractivity contribution in [3.05, 3.63) is 28.8 Å². The van der Waals surface area contributed by atoms with Crippen molar-refractivity contribution in [1.29, 1.82) is 0 Å². The van der Waals surface area contributed by atoms with E-state index in [1.54, 1.807) is 6.07 Å². The number of carbonyl (C=O) groups is 2. The first-order valence-corrected chi connectivity index (χ1v) is 6.87. The van der Waals surface area contributed by atoms with Crippen molar-refractivity contribution in [3.63, 3.8) is 0 Å². The number of hydrogen-bond acceptors (Lipinski definition) is 3. The molecule has 0 aliphatic heterocycles. The maximum absolute atomic E-state index is 11.0. The first kappa shape index (κ1) is 14.7. The van der Waals surface area contributed by atoms with Gasteiger partial charge in [-0.1, -0.05) is 18.0 Å². The lowest BCUT2D eigenvalue weighted by atomic mass is 9.85. The topological polar surface area (TPSA) is 86.6 Å². The van der Waals surface area contributed by atoms with Gasteiger partial charge in [-0.15, -0.1) is 0 Å². The Kier molecular flexibility index (Phi) is 4.49. The fraction of sp³-hybridized carbons (Fsp3) is 0.429. The van der Waals surface area contributed by atoms with Gasteiger partial charge < -0.3 is 15.5 Å². The summed E-state index contributed by atoms with van der Waals surface area (Å²) in [5, 5.41) is 21.5. The fourth-order valence-corrected chi connectivity index (χ4v) is 2.76. The van der Waals surface area contributed by atoms with Crippen molar-refractivity contribution in [2.45, 2.75) is 31.7 Å². The lowest BCUT2D eigenvalue weighted by Gasteiger charge is -2.28. The van der Waals surface area contributed by atoms with Crippen molar-refractivity contribution in [3.8, 4) is 0 Å². The highest BCUT2D eigenvalue weighted by Gasteiger charge is 2.26. The summed E-state index contributed by atoms with van der Waals surface area (Å²) < 4.78 is 0. The molecule has 1 aliphatic rings. The van der Waals surface area contributed by atoms with Gasteiger partial charge in [-0.25, -0.2) is 4.79 Å². The molecule has 0 bridgehead atoms. The van der Waals surface area contributed by atoms with Crippen LogP contribution < -0.4 is 5.32 Å². The fourth-order valence-electron chi connectivity index (χ4n) is 2.56. The van der Waals surface area contributed by atoms with Gasteiger partial charge in [0.25, 0.3) is 0 Å². The van der Waals surface area contributed by atoms with E-state index in [2.05, 4.69) is 5.32 Å². The second-order valence-electron chi connectivity index (χ2n) is 5.04. The van der Waals surface area contributed by atoms with Crippen molar-refractivity contribution >= 4 is 29.2 Å². The van der Waals surface area contributed by atoms with Gasteiger partial charge in [0, 0.05) is 11.7 Å². The lowest BCUT2D eigenvalue weighted by molar-refractivity contribution is -0.142. The van der Waals surface area contributed by atoms with Crippen LogP contribution in [0.1, 0.15) is 36.0 Å². The van der Waals surface area contributed by atoms with E-state index in [1.807, 2.05) is 0 Å². The maximum atomic E-state index is 11.0. The number of halogens is 1. The van der Waals surface area contributed by atoms with E-state index >= 15 is 0 Å². The van der Waals surface area contributed by atoms with Crippen LogP contribution in [-0.2, 0) is 4.79 Å². The van der Waals surface area contributed by atoms with Crippen molar-refractivity contribution in [2.24, 2.45) is 5.92 Å². The van der Waals surface area contributed by atoms with Crippen LogP contribution in [0.25, 0.3) is 0 Å². The molecule has 3 N–H and O–H groups in total. The first-order valence-electron chi connectivity index (χ1n) is 6.49. The third-order valence-electron chi connectivity index (χ3n) is 3.59. The van der Waals surface area contributed by atoms with Gasteiger partial charge in [0.05, 0.1) is 16.5 Å². The second-order valence-corrected chi connectivity index (χ2v) is 5.45. The summed E-state index contributed by atoms with van der Waals surface area (Å²) in [7, 11) is 0. The van der Waals surface area contributed by atoms with Gasteiger partial charge in [0.2, 0.25) is 0 Å². The summed E-state index contributed by atoms with van der Waals surface area (Å²) in [6, 6.07) is 4.77. The molecule has 0 heterocycles. The molecular weight excluding hydrogens is 282 g/mol. The van der Waals surface area contributed by atoms with E-state index in [-0.39, 0.29) is 22.5 Å². The highest BCUT2D eigenvalue weighted by molar-refractivity contribution is 6.33. The highest BCUT2D eigenvalue weighted by Crippen LogP contribution is 2.28. The number of benzene rings is 1. The van der Waals surface area contributed by atoms with E-state index in [0.29, 0.717) is 18.5 Å². The van der Waals surface area contributed by atoms with Gasteiger partial charge in [0.1, 0.15) is 0 Å².